The fraction of sp³-hybridized carbons (Fsp3) is 0.684. The highest BCUT2D eigenvalue weighted by molar-refractivity contribution is 7.13. The van der Waals surface area contributed by atoms with Crippen molar-refractivity contribution in [1.29, 1.82) is 0 Å². The molecular weight excluding hydrogens is 354 g/mol. The highest BCUT2D eigenvalue weighted by atomic mass is 32.1. The second-order valence-corrected chi connectivity index (χ2v) is 8.03. The predicted octanol–water partition coefficient (Wildman–Crippen LogP) is 3.33. The van der Waals surface area contributed by atoms with E-state index in [0.717, 1.165) is 37.0 Å². The number of unbranched alkanes of at least 4 members (excludes halogenated alkanes) is 2. The summed E-state index contributed by atoms with van der Waals surface area (Å²) >= 11 is 1.20. The van der Waals surface area contributed by atoms with Crippen molar-refractivity contribution in [1.82, 2.24) is 5.32 Å². The summed E-state index contributed by atoms with van der Waals surface area (Å²) in [5, 5.41) is 22.1. The van der Waals surface area contributed by atoms with Crippen LogP contribution in [-0.4, -0.2) is 40.3 Å². The summed E-state index contributed by atoms with van der Waals surface area (Å²) in [5.74, 6) is -0.896. The topological polar surface area (TPSA) is 95.9 Å². The van der Waals surface area contributed by atoms with Gasteiger partial charge >= 0.3 is 5.97 Å². The summed E-state index contributed by atoms with van der Waals surface area (Å²) in [6, 6.07) is 3.30. The molecule has 0 radical (unpaired) electrons. The lowest BCUT2D eigenvalue weighted by Gasteiger charge is -2.25. The van der Waals surface area contributed by atoms with Crippen molar-refractivity contribution in [3.8, 4) is 0 Å². The molecule has 7 heteroatoms. The van der Waals surface area contributed by atoms with Crippen molar-refractivity contribution in [3.05, 3.63) is 21.9 Å². The van der Waals surface area contributed by atoms with Gasteiger partial charge in [-0.2, -0.15) is 0 Å². The van der Waals surface area contributed by atoms with E-state index in [-0.39, 0.29) is 24.2 Å². The number of hydrogen-bond donors (Lipinski definition) is 3. The number of amides is 1. The number of carboxylic acid groups (broad SMARTS) is 1. The number of rotatable bonds is 12. The Morgan fingerprint density at radius 3 is 2.77 bits per heavy atom. The molecule has 3 unspecified atom stereocenters. The largest absolute Gasteiger partial charge is 0.477 e. The number of aliphatic hydroxyl groups is 1. The van der Waals surface area contributed by atoms with Crippen LogP contribution < -0.4 is 5.32 Å². The Morgan fingerprint density at radius 1 is 1.35 bits per heavy atom. The van der Waals surface area contributed by atoms with Gasteiger partial charge in [0.05, 0.1) is 24.9 Å². The van der Waals surface area contributed by atoms with Crippen LogP contribution in [0.5, 0.6) is 0 Å². The van der Waals surface area contributed by atoms with Gasteiger partial charge in [0.25, 0.3) is 0 Å². The highest BCUT2D eigenvalue weighted by Crippen LogP contribution is 2.23. The molecule has 0 spiro atoms. The number of carbonyl (C=O) groups excluding carboxylic acids is 1. The van der Waals surface area contributed by atoms with Gasteiger partial charge in [0.1, 0.15) is 4.88 Å². The molecule has 2 heterocycles. The van der Waals surface area contributed by atoms with Crippen LogP contribution in [0, 0.1) is 0 Å². The van der Waals surface area contributed by atoms with Crippen molar-refractivity contribution >= 4 is 23.2 Å². The fourth-order valence-electron chi connectivity index (χ4n) is 3.21. The van der Waals surface area contributed by atoms with Crippen LogP contribution in [0.3, 0.4) is 0 Å². The second-order valence-electron chi connectivity index (χ2n) is 6.86. The molecule has 3 N–H and O–H groups in total. The Balaban J connectivity index is 1.86. The van der Waals surface area contributed by atoms with Crippen LogP contribution in [0.1, 0.15) is 72.8 Å². The molecule has 3 atom stereocenters. The predicted molar refractivity (Wildman–Crippen MR) is 100 cm³/mol. The second kappa shape index (κ2) is 10.6. The molecule has 26 heavy (non-hydrogen) atoms. The van der Waals surface area contributed by atoms with E-state index in [1.54, 1.807) is 12.1 Å². The van der Waals surface area contributed by atoms with Gasteiger partial charge in [-0.15, -0.1) is 11.3 Å². The molecule has 0 saturated carbocycles. The zero-order valence-corrected chi connectivity index (χ0v) is 16.1. The number of aliphatic hydroxyl groups excluding tert-OH is 1. The SMILES string of the molecule is CCCCCC(O)CCC(OCc1ccc(C(=O)O)s1)C1CCC(=O)N1. The lowest BCUT2D eigenvalue weighted by atomic mass is 9.99. The van der Waals surface area contributed by atoms with Crippen LogP contribution in [0.15, 0.2) is 12.1 Å². The van der Waals surface area contributed by atoms with E-state index in [4.69, 9.17) is 9.84 Å². The number of hydrogen-bond acceptors (Lipinski definition) is 5. The van der Waals surface area contributed by atoms with Crippen molar-refractivity contribution in [2.75, 3.05) is 0 Å². The Hall–Kier alpha value is -1.44. The van der Waals surface area contributed by atoms with Gasteiger partial charge in [0.2, 0.25) is 5.91 Å². The molecule has 1 aliphatic heterocycles. The van der Waals surface area contributed by atoms with Crippen molar-refractivity contribution in [2.45, 2.75) is 83.1 Å². The van der Waals surface area contributed by atoms with Gasteiger partial charge in [0, 0.05) is 11.3 Å². The van der Waals surface area contributed by atoms with Gasteiger partial charge in [0.15, 0.2) is 0 Å². The molecule has 0 aliphatic carbocycles. The fourth-order valence-corrected chi connectivity index (χ4v) is 3.98. The Labute approximate surface area is 158 Å². The molecule has 1 aromatic rings. The molecular formula is C19H29NO5S. The minimum Gasteiger partial charge on any atom is -0.477 e. The first-order valence-corrected chi connectivity index (χ1v) is 10.2. The quantitative estimate of drug-likeness (QED) is 0.481. The van der Waals surface area contributed by atoms with Crippen LogP contribution >= 0.6 is 11.3 Å². The normalized spacial score (nSPS) is 19.3. The van der Waals surface area contributed by atoms with Gasteiger partial charge in [-0.05, 0) is 37.8 Å². The van der Waals surface area contributed by atoms with E-state index in [2.05, 4.69) is 12.2 Å². The van der Waals surface area contributed by atoms with E-state index in [9.17, 15) is 14.7 Å². The molecule has 1 saturated heterocycles. The first-order chi connectivity index (χ1) is 12.5. The standard InChI is InChI=1S/C19H29NO5S/c1-2-3-4-5-13(21)6-9-16(15-8-11-18(22)20-15)25-12-14-7-10-17(26-14)19(23)24/h7,10,13,15-16,21H,2-6,8-9,11-12H2,1H3,(H,20,22)(H,23,24). The molecule has 0 aromatic carbocycles. The maximum Gasteiger partial charge on any atom is 0.345 e. The van der Waals surface area contributed by atoms with E-state index in [1.807, 2.05) is 0 Å². The lowest BCUT2D eigenvalue weighted by Crippen LogP contribution is -2.38. The number of carboxylic acids is 1. The third-order valence-corrected chi connectivity index (χ3v) is 5.76. The van der Waals surface area contributed by atoms with E-state index in [0.29, 0.717) is 30.7 Å². The molecule has 146 valence electrons. The maximum absolute atomic E-state index is 11.5. The van der Waals surface area contributed by atoms with Crippen LogP contribution in [-0.2, 0) is 16.1 Å². The summed E-state index contributed by atoms with van der Waals surface area (Å²) in [6.07, 6.45) is 6.13. The Morgan fingerprint density at radius 2 is 2.15 bits per heavy atom. The molecule has 6 nitrogen and oxygen atoms in total. The van der Waals surface area contributed by atoms with Crippen molar-refractivity contribution in [2.24, 2.45) is 0 Å². The number of aromatic carboxylic acids is 1. The van der Waals surface area contributed by atoms with E-state index < -0.39 is 5.97 Å². The average Bonchev–Trinajstić information content (AvgIpc) is 3.24. The maximum atomic E-state index is 11.5. The number of thiophene rings is 1. The lowest BCUT2D eigenvalue weighted by molar-refractivity contribution is -0.120. The van der Waals surface area contributed by atoms with Crippen LogP contribution in [0.4, 0.5) is 0 Å². The average molecular weight is 384 g/mol. The summed E-state index contributed by atoms with van der Waals surface area (Å²) in [4.78, 5) is 23.7. The van der Waals surface area contributed by atoms with Crippen molar-refractivity contribution in [3.63, 3.8) is 0 Å². The third-order valence-electron chi connectivity index (χ3n) is 4.71. The number of carbonyl (C=O) groups is 2. The summed E-state index contributed by atoms with van der Waals surface area (Å²) in [6.45, 7) is 2.46. The van der Waals surface area contributed by atoms with Crippen LogP contribution in [0.2, 0.25) is 0 Å². The molecule has 1 fully saturated rings. The molecule has 1 aromatic heterocycles. The highest BCUT2D eigenvalue weighted by Gasteiger charge is 2.30. The minimum atomic E-state index is -0.934. The molecule has 1 amide bonds. The van der Waals surface area contributed by atoms with Gasteiger partial charge in [-0.3, -0.25) is 4.79 Å². The third kappa shape index (κ3) is 6.70. The molecule has 0 bridgehead atoms. The van der Waals surface area contributed by atoms with Gasteiger partial charge in [-0.1, -0.05) is 26.2 Å². The molecule has 2 rings (SSSR count). The van der Waals surface area contributed by atoms with Crippen molar-refractivity contribution < 1.29 is 24.5 Å². The smallest absolute Gasteiger partial charge is 0.345 e. The van der Waals surface area contributed by atoms with E-state index >= 15 is 0 Å². The molecule has 1 aliphatic rings. The summed E-state index contributed by atoms with van der Waals surface area (Å²) < 4.78 is 6.02. The first-order valence-electron chi connectivity index (χ1n) is 9.40. The van der Waals surface area contributed by atoms with Gasteiger partial charge in [-0.25, -0.2) is 4.79 Å². The van der Waals surface area contributed by atoms with Gasteiger partial charge < -0.3 is 20.3 Å². The minimum absolute atomic E-state index is 0.0377. The summed E-state index contributed by atoms with van der Waals surface area (Å²) in [7, 11) is 0. The Bertz CT molecular complexity index is 588. The monoisotopic (exact) mass is 383 g/mol. The van der Waals surface area contributed by atoms with E-state index in [1.165, 1.54) is 11.3 Å². The number of ether oxygens (including phenoxy) is 1. The van der Waals surface area contributed by atoms with Crippen LogP contribution in [0.25, 0.3) is 0 Å². The first kappa shape index (κ1) is 20.9. The Kier molecular flexibility index (Phi) is 8.54. The zero-order chi connectivity index (χ0) is 18.9. The summed E-state index contributed by atoms with van der Waals surface area (Å²) in [5.41, 5.74) is 0. The zero-order valence-electron chi connectivity index (χ0n) is 15.3. The number of nitrogens with one attached hydrogen (secondary N) is 1.